The summed E-state index contributed by atoms with van der Waals surface area (Å²) < 4.78 is 15.3. The molecule has 1 aromatic rings. The molecule has 0 spiro atoms. The van der Waals surface area contributed by atoms with Crippen molar-refractivity contribution in [3.05, 3.63) is 35.9 Å². The smallest absolute Gasteiger partial charge is 0.338 e. The van der Waals surface area contributed by atoms with Gasteiger partial charge in [-0.2, -0.15) is 0 Å². The van der Waals surface area contributed by atoms with Crippen LogP contribution in [0.4, 0.5) is 0 Å². The van der Waals surface area contributed by atoms with Crippen molar-refractivity contribution < 1.29 is 34.3 Å². The van der Waals surface area contributed by atoms with Gasteiger partial charge >= 0.3 is 5.97 Å². The quantitative estimate of drug-likeness (QED) is 0.631. The predicted molar refractivity (Wildman–Crippen MR) is 70.4 cm³/mol. The van der Waals surface area contributed by atoms with Crippen LogP contribution in [0.15, 0.2) is 30.3 Å². The minimum Gasteiger partial charge on any atom is -0.453 e. The van der Waals surface area contributed by atoms with E-state index in [0.717, 1.165) is 0 Å². The minimum atomic E-state index is -1.42. The van der Waals surface area contributed by atoms with Gasteiger partial charge < -0.3 is 29.5 Å². The van der Waals surface area contributed by atoms with Gasteiger partial charge in [-0.05, 0) is 12.1 Å². The Morgan fingerprint density at radius 3 is 2.48 bits per heavy atom. The lowest BCUT2D eigenvalue weighted by Gasteiger charge is -2.40. The maximum absolute atomic E-state index is 12.0. The Balaban J connectivity index is 2.11. The molecule has 1 fully saturated rings. The number of carbonyl (C=O) groups is 1. The molecule has 1 aromatic carbocycles. The monoisotopic (exact) mass is 298 g/mol. The van der Waals surface area contributed by atoms with Gasteiger partial charge in [0.25, 0.3) is 0 Å². The Kier molecular flexibility index (Phi) is 5.27. The normalized spacial score (nSPS) is 32.7. The highest BCUT2D eigenvalue weighted by Gasteiger charge is 2.46. The molecule has 1 aliphatic heterocycles. The van der Waals surface area contributed by atoms with E-state index in [9.17, 15) is 20.1 Å². The summed E-state index contributed by atoms with van der Waals surface area (Å²) in [6.07, 6.45) is -6.08. The van der Waals surface area contributed by atoms with E-state index in [-0.39, 0.29) is 0 Å². The molecule has 1 heterocycles. The number of hydrogen-bond acceptors (Lipinski definition) is 7. The van der Waals surface area contributed by atoms with Gasteiger partial charge in [-0.25, -0.2) is 4.79 Å². The van der Waals surface area contributed by atoms with Crippen LogP contribution in [0.25, 0.3) is 0 Å². The van der Waals surface area contributed by atoms with Crippen molar-refractivity contribution in [2.24, 2.45) is 0 Å². The number of methoxy groups -OCH3 is 1. The van der Waals surface area contributed by atoms with Gasteiger partial charge in [0.2, 0.25) is 0 Å². The van der Waals surface area contributed by atoms with Crippen molar-refractivity contribution in [1.29, 1.82) is 0 Å². The summed E-state index contributed by atoms with van der Waals surface area (Å²) in [5.74, 6) is -0.676. The molecular formula is C14H18O7. The van der Waals surface area contributed by atoms with Crippen molar-refractivity contribution in [3.8, 4) is 0 Å². The molecule has 0 bridgehead atoms. The van der Waals surface area contributed by atoms with Crippen LogP contribution in [-0.2, 0) is 14.2 Å². The number of ether oxygens (including phenoxy) is 3. The number of aliphatic hydroxyl groups excluding tert-OH is 3. The largest absolute Gasteiger partial charge is 0.453 e. The van der Waals surface area contributed by atoms with Gasteiger partial charge in [-0.1, -0.05) is 18.2 Å². The first-order chi connectivity index (χ1) is 10.1. The number of hydrogen-bond donors (Lipinski definition) is 3. The van der Waals surface area contributed by atoms with E-state index < -0.39 is 43.3 Å². The highest BCUT2D eigenvalue weighted by molar-refractivity contribution is 5.89. The third-order valence-corrected chi connectivity index (χ3v) is 3.31. The lowest BCUT2D eigenvalue weighted by molar-refractivity contribution is -0.293. The highest BCUT2D eigenvalue weighted by Crippen LogP contribution is 2.24. The number of carbonyl (C=O) groups excluding carboxylic acids is 1. The van der Waals surface area contributed by atoms with E-state index in [1.54, 1.807) is 30.3 Å². The first-order valence-electron chi connectivity index (χ1n) is 6.49. The molecule has 1 saturated heterocycles. The van der Waals surface area contributed by atoms with Gasteiger partial charge in [0.15, 0.2) is 12.4 Å². The van der Waals surface area contributed by atoms with E-state index in [1.807, 2.05) is 0 Å². The molecule has 0 aromatic heterocycles. The van der Waals surface area contributed by atoms with E-state index >= 15 is 0 Å². The van der Waals surface area contributed by atoms with Gasteiger partial charge in [0.05, 0.1) is 12.2 Å². The summed E-state index contributed by atoms with van der Waals surface area (Å²) in [6, 6.07) is 8.20. The Labute approximate surface area is 121 Å². The Morgan fingerprint density at radius 2 is 1.90 bits per heavy atom. The lowest BCUT2D eigenvalue weighted by Crippen LogP contribution is -2.60. The van der Waals surface area contributed by atoms with Crippen LogP contribution >= 0.6 is 0 Å². The van der Waals surface area contributed by atoms with Crippen molar-refractivity contribution >= 4 is 5.97 Å². The summed E-state index contributed by atoms with van der Waals surface area (Å²) in [5, 5.41) is 29.2. The van der Waals surface area contributed by atoms with Crippen LogP contribution in [0.3, 0.4) is 0 Å². The predicted octanol–water partition coefficient (Wildman–Crippen LogP) is -0.703. The second kappa shape index (κ2) is 6.97. The van der Waals surface area contributed by atoms with Crippen LogP contribution in [0.2, 0.25) is 0 Å². The van der Waals surface area contributed by atoms with Crippen molar-refractivity contribution in [3.63, 3.8) is 0 Å². The molecule has 0 saturated carbocycles. The molecule has 5 atom stereocenters. The fourth-order valence-electron chi connectivity index (χ4n) is 2.16. The third kappa shape index (κ3) is 3.39. The van der Waals surface area contributed by atoms with Gasteiger partial charge in [-0.15, -0.1) is 0 Å². The molecule has 116 valence electrons. The highest BCUT2D eigenvalue weighted by atomic mass is 16.7. The number of aliphatic hydroxyl groups is 3. The molecule has 2 rings (SSSR count). The molecule has 0 radical (unpaired) electrons. The first kappa shape index (κ1) is 15.9. The summed E-state index contributed by atoms with van der Waals surface area (Å²) in [7, 11) is 1.30. The maximum atomic E-state index is 12.0. The number of esters is 1. The molecule has 3 N–H and O–H groups in total. The fourth-order valence-corrected chi connectivity index (χ4v) is 2.16. The van der Waals surface area contributed by atoms with E-state index in [4.69, 9.17) is 14.2 Å². The molecule has 7 heteroatoms. The van der Waals surface area contributed by atoms with Crippen LogP contribution in [-0.4, -0.2) is 65.7 Å². The molecule has 0 unspecified atom stereocenters. The Bertz CT molecular complexity index is 462. The van der Waals surface area contributed by atoms with Crippen LogP contribution < -0.4 is 0 Å². The standard InChI is InChI=1S/C14H18O7/c1-19-14-11(17)10(16)12(9(7-15)20-14)21-13(18)8-5-3-2-4-6-8/h2-6,9-12,14-17H,7H2,1H3/t9-,10-,11-,12-,14+/m1/s1. The van der Waals surface area contributed by atoms with Gasteiger partial charge in [-0.3, -0.25) is 0 Å². The molecule has 0 amide bonds. The average molecular weight is 298 g/mol. The third-order valence-electron chi connectivity index (χ3n) is 3.31. The zero-order chi connectivity index (χ0) is 15.4. The number of rotatable bonds is 4. The van der Waals surface area contributed by atoms with Crippen LogP contribution in [0.1, 0.15) is 10.4 Å². The second-order valence-corrected chi connectivity index (χ2v) is 4.68. The average Bonchev–Trinajstić information content (AvgIpc) is 2.53. The SMILES string of the molecule is CO[C@H]1O[C@H](CO)[C@@H](OC(=O)c2ccccc2)[C@H](O)[C@H]1O. The van der Waals surface area contributed by atoms with Crippen molar-refractivity contribution in [1.82, 2.24) is 0 Å². The van der Waals surface area contributed by atoms with Gasteiger partial charge in [0.1, 0.15) is 18.3 Å². The summed E-state index contributed by atoms with van der Waals surface area (Å²) >= 11 is 0. The Hall–Kier alpha value is -1.51. The molecule has 1 aliphatic rings. The maximum Gasteiger partial charge on any atom is 0.338 e. The van der Waals surface area contributed by atoms with Crippen LogP contribution in [0.5, 0.6) is 0 Å². The number of benzene rings is 1. The molecule has 21 heavy (non-hydrogen) atoms. The first-order valence-corrected chi connectivity index (χ1v) is 6.49. The van der Waals surface area contributed by atoms with Crippen LogP contribution in [0, 0.1) is 0 Å². The zero-order valence-corrected chi connectivity index (χ0v) is 11.5. The van der Waals surface area contributed by atoms with E-state index in [0.29, 0.717) is 5.56 Å². The van der Waals surface area contributed by atoms with E-state index in [2.05, 4.69) is 0 Å². The zero-order valence-electron chi connectivity index (χ0n) is 11.5. The second-order valence-electron chi connectivity index (χ2n) is 4.68. The van der Waals surface area contributed by atoms with E-state index in [1.165, 1.54) is 7.11 Å². The summed E-state index contributed by atoms with van der Waals surface area (Å²) in [5.41, 5.74) is 0.296. The lowest BCUT2D eigenvalue weighted by atomic mass is 9.99. The van der Waals surface area contributed by atoms with Crippen molar-refractivity contribution in [2.45, 2.75) is 30.7 Å². The molecule has 7 nitrogen and oxygen atoms in total. The molecule has 0 aliphatic carbocycles. The molecular weight excluding hydrogens is 280 g/mol. The summed E-state index contributed by atoms with van der Waals surface area (Å²) in [6.45, 7) is -0.490. The van der Waals surface area contributed by atoms with Gasteiger partial charge in [0, 0.05) is 7.11 Å². The minimum absolute atomic E-state index is 0.296. The van der Waals surface area contributed by atoms with Crippen molar-refractivity contribution in [2.75, 3.05) is 13.7 Å². The topological polar surface area (TPSA) is 105 Å². The summed E-state index contributed by atoms with van der Waals surface area (Å²) in [4.78, 5) is 12.0. The fraction of sp³-hybridized carbons (Fsp3) is 0.500. The Morgan fingerprint density at radius 1 is 1.24 bits per heavy atom.